The maximum Gasteiger partial charge on any atom is 0.268 e. The van der Waals surface area contributed by atoms with Crippen LogP contribution in [0.5, 0.6) is 5.75 Å². The Bertz CT molecular complexity index is 1210. The highest BCUT2D eigenvalue weighted by Crippen LogP contribution is 2.33. The third-order valence-electron chi connectivity index (χ3n) is 4.32. The number of nitrogens with zero attached hydrogens (tertiary/aromatic N) is 2. The maximum absolute atomic E-state index is 13.6. The van der Waals surface area contributed by atoms with Crippen LogP contribution in [-0.2, 0) is 26.6 Å². The largest absolute Gasteiger partial charge is 0.495 e. The number of hydrogen-bond donors (Lipinski definition) is 1. The normalized spacial score (nSPS) is 11.8. The number of aromatic nitrogens is 1. The van der Waals surface area contributed by atoms with Gasteiger partial charge in [-0.05, 0) is 53.1 Å². The first-order valence-electron chi connectivity index (χ1n) is 9.39. The number of rotatable bonds is 10. The predicted molar refractivity (Wildman–Crippen MR) is 123 cm³/mol. The standard InChI is InChI=1S/C20H23N3O5S3/c1-3-11-30(24,25)22-17-6-7-20(19(12-17)28-2)31(26,27)23(14-16-8-10-29-15-16)18-5-4-9-21-13-18/h4-10,12-13,15,22H,3,11,14H2,1-2H3. The van der Waals surface area contributed by atoms with Crippen LogP contribution in [-0.4, -0.2) is 34.7 Å². The number of anilines is 2. The van der Waals surface area contributed by atoms with Gasteiger partial charge in [0.15, 0.2) is 0 Å². The number of sulfonamides is 2. The molecule has 3 aromatic rings. The molecule has 0 spiro atoms. The van der Waals surface area contributed by atoms with E-state index in [0.717, 1.165) is 5.56 Å². The molecule has 0 fully saturated rings. The summed E-state index contributed by atoms with van der Waals surface area (Å²) in [5.41, 5.74) is 1.47. The SMILES string of the molecule is CCCS(=O)(=O)Nc1ccc(S(=O)(=O)N(Cc2ccsc2)c2cccnc2)c(OC)c1. The summed E-state index contributed by atoms with van der Waals surface area (Å²) in [5.74, 6) is 0.000964. The molecule has 0 saturated heterocycles. The average molecular weight is 482 g/mol. The van der Waals surface area contributed by atoms with Crippen molar-refractivity contribution in [1.82, 2.24) is 4.98 Å². The molecule has 2 aromatic heterocycles. The fourth-order valence-corrected chi connectivity index (χ4v) is 6.29. The molecule has 0 aliphatic carbocycles. The van der Waals surface area contributed by atoms with E-state index >= 15 is 0 Å². The molecule has 0 aliphatic rings. The number of benzene rings is 1. The lowest BCUT2D eigenvalue weighted by Crippen LogP contribution is -2.31. The van der Waals surface area contributed by atoms with Crippen LogP contribution in [0.1, 0.15) is 18.9 Å². The van der Waals surface area contributed by atoms with Crippen molar-refractivity contribution in [3.05, 3.63) is 65.1 Å². The molecule has 0 atom stereocenters. The molecule has 0 saturated carbocycles. The van der Waals surface area contributed by atoms with Crippen LogP contribution in [0.3, 0.4) is 0 Å². The van der Waals surface area contributed by atoms with Crippen LogP contribution in [0.2, 0.25) is 0 Å². The van der Waals surface area contributed by atoms with Gasteiger partial charge in [-0.3, -0.25) is 14.0 Å². The van der Waals surface area contributed by atoms with E-state index < -0.39 is 20.0 Å². The van der Waals surface area contributed by atoms with Crippen molar-refractivity contribution in [1.29, 1.82) is 0 Å². The van der Waals surface area contributed by atoms with Crippen LogP contribution < -0.4 is 13.8 Å². The fraction of sp³-hybridized carbons (Fsp3) is 0.250. The molecule has 166 valence electrons. The van der Waals surface area contributed by atoms with Gasteiger partial charge in [0, 0.05) is 12.3 Å². The number of nitrogens with one attached hydrogen (secondary N) is 1. The first kappa shape index (κ1) is 23.0. The monoisotopic (exact) mass is 481 g/mol. The summed E-state index contributed by atoms with van der Waals surface area (Å²) in [6, 6.07) is 9.30. The van der Waals surface area contributed by atoms with Gasteiger partial charge in [-0.25, -0.2) is 16.8 Å². The zero-order valence-corrected chi connectivity index (χ0v) is 19.5. The highest BCUT2D eigenvalue weighted by molar-refractivity contribution is 7.93. The van der Waals surface area contributed by atoms with E-state index in [0.29, 0.717) is 12.1 Å². The van der Waals surface area contributed by atoms with E-state index in [1.54, 1.807) is 25.3 Å². The van der Waals surface area contributed by atoms with Crippen LogP contribution in [0.4, 0.5) is 11.4 Å². The van der Waals surface area contributed by atoms with Crippen molar-refractivity contribution in [2.24, 2.45) is 0 Å². The molecule has 8 nitrogen and oxygen atoms in total. The summed E-state index contributed by atoms with van der Waals surface area (Å²) in [4.78, 5) is 3.97. The number of ether oxygens (including phenoxy) is 1. The molecule has 31 heavy (non-hydrogen) atoms. The summed E-state index contributed by atoms with van der Waals surface area (Å²) >= 11 is 1.48. The highest BCUT2D eigenvalue weighted by Gasteiger charge is 2.29. The minimum Gasteiger partial charge on any atom is -0.495 e. The molecule has 11 heteroatoms. The van der Waals surface area contributed by atoms with Crippen LogP contribution in [0.25, 0.3) is 0 Å². The molecule has 0 unspecified atom stereocenters. The molecular weight excluding hydrogens is 458 g/mol. The minimum atomic E-state index is -4.05. The molecule has 1 N–H and O–H groups in total. The minimum absolute atomic E-state index is 0.0369. The van der Waals surface area contributed by atoms with Crippen molar-refractivity contribution in [3.8, 4) is 5.75 Å². The lowest BCUT2D eigenvalue weighted by molar-refractivity contribution is 0.403. The van der Waals surface area contributed by atoms with Crippen LogP contribution in [0, 0.1) is 0 Å². The second-order valence-electron chi connectivity index (χ2n) is 6.64. The van der Waals surface area contributed by atoms with Crippen LogP contribution in [0.15, 0.2) is 64.4 Å². The molecule has 0 aliphatic heterocycles. The lowest BCUT2D eigenvalue weighted by atomic mass is 10.3. The predicted octanol–water partition coefficient (Wildman–Crippen LogP) is 3.70. The molecule has 0 amide bonds. The lowest BCUT2D eigenvalue weighted by Gasteiger charge is -2.25. The topological polar surface area (TPSA) is 106 Å². The van der Waals surface area contributed by atoms with Crippen molar-refractivity contribution >= 4 is 42.8 Å². The van der Waals surface area contributed by atoms with Crippen molar-refractivity contribution < 1.29 is 21.6 Å². The molecule has 0 radical (unpaired) electrons. The van der Waals surface area contributed by atoms with Gasteiger partial charge in [0.2, 0.25) is 10.0 Å². The van der Waals surface area contributed by atoms with Gasteiger partial charge < -0.3 is 4.74 Å². The summed E-state index contributed by atoms with van der Waals surface area (Å²) in [6.45, 7) is 1.88. The summed E-state index contributed by atoms with van der Waals surface area (Å²) < 4.78 is 60.4. The van der Waals surface area contributed by atoms with Gasteiger partial charge in [0.1, 0.15) is 10.6 Å². The molecular formula is C20H23N3O5S3. The van der Waals surface area contributed by atoms with Gasteiger partial charge in [-0.2, -0.15) is 11.3 Å². The van der Waals surface area contributed by atoms with Gasteiger partial charge in [0.05, 0.1) is 37.0 Å². The Kier molecular flexibility index (Phi) is 7.19. The van der Waals surface area contributed by atoms with Gasteiger partial charge >= 0.3 is 0 Å². The Morgan fingerprint density at radius 1 is 1.16 bits per heavy atom. The van der Waals surface area contributed by atoms with E-state index in [4.69, 9.17) is 4.74 Å². The summed E-state index contributed by atoms with van der Waals surface area (Å²) in [6.07, 6.45) is 3.50. The molecule has 1 aromatic carbocycles. The smallest absolute Gasteiger partial charge is 0.268 e. The quantitative estimate of drug-likeness (QED) is 0.473. The Hall–Kier alpha value is -2.63. The van der Waals surface area contributed by atoms with E-state index in [1.165, 1.54) is 47.1 Å². The maximum atomic E-state index is 13.6. The Labute approximate surface area is 186 Å². The summed E-state index contributed by atoms with van der Waals surface area (Å²) in [5, 5.41) is 3.75. The van der Waals surface area contributed by atoms with E-state index in [1.807, 2.05) is 16.8 Å². The second-order valence-corrected chi connectivity index (χ2v) is 11.1. The first-order valence-corrected chi connectivity index (χ1v) is 13.4. The molecule has 3 rings (SSSR count). The fourth-order valence-electron chi connectivity index (χ4n) is 2.93. The van der Waals surface area contributed by atoms with Crippen molar-refractivity contribution in [2.45, 2.75) is 24.8 Å². The van der Waals surface area contributed by atoms with Crippen molar-refractivity contribution in [2.75, 3.05) is 21.9 Å². The second kappa shape index (κ2) is 9.67. The Morgan fingerprint density at radius 2 is 1.97 bits per heavy atom. The zero-order valence-electron chi connectivity index (χ0n) is 17.1. The van der Waals surface area contributed by atoms with Gasteiger partial charge in [-0.15, -0.1) is 0 Å². The third-order valence-corrected chi connectivity index (χ3v) is 8.36. The third kappa shape index (κ3) is 5.54. The van der Waals surface area contributed by atoms with Crippen LogP contribution >= 0.6 is 11.3 Å². The number of hydrogen-bond acceptors (Lipinski definition) is 7. The molecule has 0 bridgehead atoms. The summed E-state index contributed by atoms with van der Waals surface area (Å²) in [7, 11) is -6.23. The molecule has 2 heterocycles. The van der Waals surface area contributed by atoms with E-state index in [-0.39, 0.29) is 28.6 Å². The number of thiophene rings is 1. The number of methoxy groups -OCH3 is 1. The van der Waals surface area contributed by atoms with Gasteiger partial charge in [-0.1, -0.05) is 6.92 Å². The van der Waals surface area contributed by atoms with E-state index in [9.17, 15) is 16.8 Å². The first-order chi connectivity index (χ1) is 14.8. The highest BCUT2D eigenvalue weighted by atomic mass is 32.2. The van der Waals surface area contributed by atoms with Gasteiger partial charge in [0.25, 0.3) is 10.0 Å². The Balaban J connectivity index is 2.03. The average Bonchev–Trinajstić information content (AvgIpc) is 3.25. The Morgan fingerprint density at radius 3 is 2.58 bits per heavy atom. The van der Waals surface area contributed by atoms with E-state index in [2.05, 4.69) is 9.71 Å². The zero-order chi connectivity index (χ0) is 22.5. The number of pyridine rings is 1. The van der Waals surface area contributed by atoms with Crippen molar-refractivity contribution in [3.63, 3.8) is 0 Å².